The Labute approximate surface area is 214 Å². The summed E-state index contributed by atoms with van der Waals surface area (Å²) >= 11 is 6.41. The molecule has 1 aliphatic carbocycles. The molecule has 3 aromatic carbocycles. The van der Waals surface area contributed by atoms with Crippen LogP contribution in [0.3, 0.4) is 0 Å². The van der Waals surface area contributed by atoms with Gasteiger partial charge in [-0.15, -0.1) is 0 Å². The molecule has 4 N–H and O–H groups in total. The van der Waals surface area contributed by atoms with E-state index in [1.54, 1.807) is 18.2 Å². The number of aromatic hydroxyl groups is 1. The quantitative estimate of drug-likeness (QED) is 0.283. The van der Waals surface area contributed by atoms with Gasteiger partial charge in [0.1, 0.15) is 28.4 Å². The number of hydrogen-bond donors (Lipinski definition) is 4. The van der Waals surface area contributed by atoms with Crippen molar-refractivity contribution in [1.29, 1.82) is 0 Å². The van der Waals surface area contributed by atoms with Gasteiger partial charge in [-0.3, -0.25) is 9.59 Å². The van der Waals surface area contributed by atoms with Gasteiger partial charge >= 0.3 is 5.97 Å². The maximum Gasteiger partial charge on any atom is 0.329 e. The first kappa shape index (κ1) is 24.3. The zero-order valence-corrected chi connectivity index (χ0v) is 20.1. The second-order valence-corrected chi connectivity index (χ2v) is 9.20. The molecule has 5 rings (SSSR count). The number of carboxylic acids is 1. The van der Waals surface area contributed by atoms with E-state index >= 15 is 0 Å². The summed E-state index contributed by atoms with van der Waals surface area (Å²) < 4.78 is 19.4. The number of rotatable bonds is 6. The Bertz CT molecular complexity index is 1590. The van der Waals surface area contributed by atoms with E-state index < -0.39 is 34.9 Å². The second-order valence-electron chi connectivity index (χ2n) is 8.79. The van der Waals surface area contributed by atoms with E-state index in [0.717, 1.165) is 0 Å². The monoisotopic (exact) mass is 522 g/mol. The lowest BCUT2D eigenvalue weighted by Crippen LogP contribution is -2.43. The molecule has 0 spiro atoms. The number of phenols is 1. The van der Waals surface area contributed by atoms with Crippen molar-refractivity contribution in [3.05, 3.63) is 76.6 Å². The fourth-order valence-corrected chi connectivity index (χ4v) is 4.45. The molecule has 0 saturated heterocycles. The SMILES string of the molecule is CNC(=O)c1c(-c2ccc(F)cc2)oc2ccc(-c3cc(C(=O)NC4(C(=O)O)CC4)c(O)cc3Cl)cc12. The number of carbonyl (C=O) groups is 3. The van der Waals surface area contributed by atoms with Crippen LogP contribution in [0.15, 0.2) is 59.0 Å². The summed E-state index contributed by atoms with van der Waals surface area (Å²) in [5, 5.41) is 25.4. The molecule has 0 atom stereocenters. The van der Waals surface area contributed by atoms with Gasteiger partial charge in [0, 0.05) is 23.6 Å². The first-order valence-electron chi connectivity index (χ1n) is 11.3. The van der Waals surface area contributed by atoms with E-state index in [9.17, 15) is 29.0 Å². The van der Waals surface area contributed by atoms with E-state index in [0.29, 0.717) is 40.5 Å². The van der Waals surface area contributed by atoms with Gasteiger partial charge in [-0.2, -0.15) is 0 Å². The molecule has 37 heavy (non-hydrogen) atoms. The summed E-state index contributed by atoms with van der Waals surface area (Å²) in [5.41, 5.74) is 0.548. The predicted octanol–water partition coefficient (Wildman–Crippen LogP) is 4.97. The van der Waals surface area contributed by atoms with Crippen LogP contribution in [-0.2, 0) is 4.79 Å². The summed E-state index contributed by atoms with van der Waals surface area (Å²) in [5.74, 6) is -2.88. The van der Waals surface area contributed by atoms with Gasteiger partial charge in [0.15, 0.2) is 0 Å². The van der Waals surface area contributed by atoms with Crippen molar-refractivity contribution in [2.45, 2.75) is 18.4 Å². The van der Waals surface area contributed by atoms with Gasteiger partial charge in [-0.05, 0) is 66.9 Å². The van der Waals surface area contributed by atoms with E-state index in [1.165, 1.54) is 43.4 Å². The number of furan rings is 1. The van der Waals surface area contributed by atoms with Gasteiger partial charge < -0.3 is 25.3 Å². The number of amides is 2. The van der Waals surface area contributed by atoms with E-state index in [-0.39, 0.29) is 21.9 Å². The molecule has 1 aromatic heterocycles. The van der Waals surface area contributed by atoms with Crippen molar-refractivity contribution in [2.75, 3.05) is 7.05 Å². The largest absolute Gasteiger partial charge is 0.507 e. The molecule has 1 heterocycles. The third-order valence-corrected chi connectivity index (χ3v) is 6.71. The summed E-state index contributed by atoms with van der Waals surface area (Å²) in [7, 11) is 1.48. The summed E-state index contributed by atoms with van der Waals surface area (Å²) in [4.78, 5) is 37.1. The fraction of sp³-hybridized carbons (Fsp3) is 0.148. The van der Waals surface area contributed by atoms with Crippen LogP contribution in [0.2, 0.25) is 5.02 Å². The summed E-state index contributed by atoms with van der Waals surface area (Å²) in [6.07, 6.45) is 0.593. The average Bonchev–Trinajstić information content (AvgIpc) is 3.56. The molecule has 0 aliphatic heterocycles. The number of nitrogens with one attached hydrogen (secondary N) is 2. The third-order valence-electron chi connectivity index (χ3n) is 6.40. The van der Waals surface area contributed by atoms with E-state index in [2.05, 4.69) is 10.6 Å². The smallest absolute Gasteiger partial charge is 0.329 e. The number of fused-ring (bicyclic) bond motifs is 1. The lowest BCUT2D eigenvalue weighted by molar-refractivity contribution is -0.140. The number of benzene rings is 3. The standard InChI is InChI=1S/C27H20ClFN2O6/c1-30-25(34)22-18-10-14(4-7-21(18)37-23(22)13-2-5-15(29)6-3-13)16-11-17(20(32)12-19(16)28)24(33)31-27(8-9-27)26(35)36/h2-7,10-12,32H,8-9H2,1H3,(H,30,34)(H,31,33)(H,35,36). The van der Waals surface area contributed by atoms with Gasteiger partial charge in [-0.1, -0.05) is 17.7 Å². The van der Waals surface area contributed by atoms with Crippen molar-refractivity contribution < 1.29 is 33.4 Å². The molecule has 4 aromatic rings. The van der Waals surface area contributed by atoms with Crippen LogP contribution in [0.4, 0.5) is 4.39 Å². The van der Waals surface area contributed by atoms with Crippen molar-refractivity contribution in [3.8, 4) is 28.2 Å². The molecule has 1 aliphatic rings. The molecule has 10 heteroatoms. The molecule has 0 bridgehead atoms. The Balaban J connectivity index is 1.61. The van der Waals surface area contributed by atoms with Crippen LogP contribution >= 0.6 is 11.6 Å². The van der Waals surface area contributed by atoms with Crippen molar-refractivity contribution in [3.63, 3.8) is 0 Å². The zero-order chi connectivity index (χ0) is 26.5. The first-order valence-corrected chi connectivity index (χ1v) is 11.6. The fourth-order valence-electron chi connectivity index (χ4n) is 4.19. The van der Waals surface area contributed by atoms with Crippen LogP contribution in [0, 0.1) is 5.82 Å². The number of hydrogen-bond acceptors (Lipinski definition) is 5. The van der Waals surface area contributed by atoms with Crippen molar-refractivity contribution in [1.82, 2.24) is 10.6 Å². The summed E-state index contributed by atoms with van der Waals surface area (Å²) in [6.45, 7) is 0. The molecular weight excluding hydrogens is 503 g/mol. The molecular formula is C27H20ClFN2O6. The predicted molar refractivity (Wildman–Crippen MR) is 134 cm³/mol. The van der Waals surface area contributed by atoms with Crippen molar-refractivity contribution >= 4 is 40.4 Å². The number of carbonyl (C=O) groups excluding carboxylic acids is 2. The van der Waals surface area contributed by atoms with Gasteiger partial charge in [0.05, 0.1) is 16.1 Å². The zero-order valence-electron chi connectivity index (χ0n) is 19.4. The number of carboxylic acid groups (broad SMARTS) is 1. The molecule has 2 amide bonds. The minimum Gasteiger partial charge on any atom is -0.507 e. The molecule has 1 fully saturated rings. The minimum absolute atomic E-state index is 0.136. The molecule has 0 unspecified atom stereocenters. The first-order chi connectivity index (χ1) is 17.6. The number of halogens is 2. The normalized spacial score (nSPS) is 13.8. The number of aliphatic carboxylic acids is 1. The molecule has 8 nitrogen and oxygen atoms in total. The Morgan fingerprint density at radius 1 is 1.00 bits per heavy atom. The highest BCUT2D eigenvalue weighted by molar-refractivity contribution is 6.34. The average molecular weight is 523 g/mol. The topological polar surface area (TPSA) is 129 Å². The van der Waals surface area contributed by atoms with Crippen LogP contribution in [0.25, 0.3) is 33.4 Å². The Hall–Kier alpha value is -4.37. The van der Waals surface area contributed by atoms with Crippen LogP contribution in [0.1, 0.15) is 33.6 Å². The third kappa shape index (κ3) is 4.27. The minimum atomic E-state index is -1.34. The Morgan fingerprint density at radius 3 is 2.30 bits per heavy atom. The molecule has 0 radical (unpaired) electrons. The highest BCUT2D eigenvalue weighted by Gasteiger charge is 2.51. The number of phenolic OH excluding ortho intramolecular Hbond substituents is 1. The maximum absolute atomic E-state index is 13.5. The van der Waals surface area contributed by atoms with Crippen LogP contribution in [0.5, 0.6) is 5.75 Å². The van der Waals surface area contributed by atoms with Crippen LogP contribution in [-0.4, -0.2) is 40.6 Å². The lowest BCUT2D eigenvalue weighted by atomic mass is 9.98. The lowest BCUT2D eigenvalue weighted by Gasteiger charge is -2.15. The highest BCUT2D eigenvalue weighted by atomic mass is 35.5. The van der Waals surface area contributed by atoms with Crippen LogP contribution < -0.4 is 10.6 Å². The van der Waals surface area contributed by atoms with E-state index in [1.807, 2.05) is 0 Å². The summed E-state index contributed by atoms with van der Waals surface area (Å²) in [6, 6.07) is 13.1. The molecule has 188 valence electrons. The van der Waals surface area contributed by atoms with Gasteiger partial charge in [0.2, 0.25) is 0 Å². The molecule has 1 saturated carbocycles. The van der Waals surface area contributed by atoms with Gasteiger partial charge in [-0.25, -0.2) is 9.18 Å². The van der Waals surface area contributed by atoms with E-state index in [4.69, 9.17) is 16.0 Å². The highest BCUT2D eigenvalue weighted by Crippen LogP contribution is 2.40. The maximum atomic E-state index is 13.5. The van der Waals surface area contributed by atoms with Gasteiger partial charge in [0.25, 0.3) is 11.8 Å². The Kier molecular flexibility index (Phi) is 5.88. The Morgan fingerprint density at radius 2 is 1.68 bits per heavy atom. The van der Waals surface area contributed by atoms with Crippen molar-refractivity contribution in [2.24, 2.45) is 0 Å². The second kappa shape index (κ2) is 8.94.